The monoisotopic (exact) mass is 337 g/mol. The van der Waals surface area contributed by atoms with E-state index in [-0.39, 0.29) is 0 Å². The van der Waals surface area contributed by atoms with Crippen molar-refractivity contribution < 1.29 is 0 Å². The number of fused-ring (bicyclic) bond motifs is 1. The van der Waals surface area contributed by atoms with E-state index in [1.54, 1.807) is 10.8 Å². The largest absolute Gasteiger partial charge is 0.380 e. The number of aryl methyl sites for hydroxylation is 1. The Labute approximate surface area is 147 Å². The molecule has 25 heavy (non-hydrogen) atoms. The van der Waals surface area contributed by atoms with Gasteiger partial charge in [0.15, 0.2) is 0 Å². The number of hydrogen-bond donors (Lipinski definition) is 1. The van der Waals surface area contributed by atoms with Gasteiger partial charge in [-0.3, -0.25) is 9.88 Å². The standard InChI is InChI=1S/C18H23N7/c1-14-10-16(18-22-21-13-25(18)23-14)20-12-17(15-6-5-7-19-11-15)24-8-3-2-4-9-24/h5-7,10-11,13,17,20H,2-4,8-9,12H2,1H3. The molecule has 1 atom stereocenters. The average Bonchev–Trinajstić information content (AvgIpc) is 3.12. The highest BCUT2D eigenvalue weighted by Crippen LogP contribution is 2.25. The van der Waals surface area contributed by atoms with Crippen LogP contribution in [0.1, 0.15) is 36.6 Å². The fraction of sp³-hybridized carbons (Fsp3) is 0.444. The molecule has 0 spiro atoms. The number of anilines is 1. The number of likely N-dealkylation sites (tertiary alicyclic amines) is 1. The van der Waals surface area contributed by atoms with E-state index < -0.39 is 0 Å². The number of hydrogen-bond acceptors (Lipinski definition) is 6. The van der Waals surface area contributed by atoms with Crippen molar-refractivity contribution in [3.63, 3.8) is 0 Å². The van der Waals surface area contributed by atoms with Gasteiger partial charge >= 0.3 is 0 Å². The highest BCUT2D eigenvalue weighted by molar-refractivity contribution is 5.66. The third kappa shape index (κ3) is 3.46. The first kappa shape index (κ1) is 16.0. The van der Waals surface area contributed by atoms with Crippen LogP contribution in [0.5, 0.6) is 0 Å². The highest BCUT2D eigenvalue weighted by atomic mass is 15.3. The van der Waals surface area contributed by atoms with E-state index in [2.05, 4.69) is 36.6 Å². The minimum Gasteiger partial charge on any atom is -0.380 e. The van der Waals surface area contributed by atoms with Gasteiger partial charge in [0.05, 0.1) is 17.4 Å². The molecule has 3 aromatic rings. The number of piperidine rings is 1. The Kier molecular flexibility index (Phi) is 4.56. The van der Waals surface area contributed by atoms with Crippen LogP contribution < -0.4 is 5.32 Å². The van der Waals surface area contributed by atoms with Crippen molar-refractivity contribution in [2.75, 3.05) is 25.0 Å². The molecule has 0 aromatic carbocycles. The smallest absolute Gasteiger partial charge is 0.200 e. The topological polar surface area (TPSA) is 71.2 Å². The molecule has 1 N–H and O–H groups in total. The Bertz CT molecular complexity index is 824. The van der Waals surface area contributed by atoms with Crippen molar-refractivity contribution in [1.82, 2.24) is 29.7 Å². The molecule has 1 aliphatic heterocycles. The third-order valence-corrected chi connectivity index (χ3v) is 4.78. The van der Waals surface area contributed by atoms with Gasteiger partial charge in [-0.1, -0.05) is 12.5 Å². The predicted molar refractivity (Wildman–Crippen MR) is 96.4 cm³/mol. The lowest BCUT2D eigenvalue weighted by Gasteiger charge is -2.35. The number of rotatable bonds is 5. The third-order valence-electron chi connectivity index (χ3n) is 4.78. The summed E-state index contributed by atoms with van der Waals surface area (Å²) in [5, 5.41) is 16.1. The molecule has 0 saturated carbocycles. The van der Waals surface area contributed by atoms with E-state index in [0.29, 0.717) is 6.04 Å². The highest BCUT2D eigenvalue weighted by Gasteiger charge is 2.22. The molecule has 4 rings (SSSR count). The molecule has 7 heteroatoms. The van der Waals surface area contributed by atoms with Crippen LogP contribution in [0.3, 0.4) is 0 Å². The van der Waals surface area contributed by atoms with E-state index in [1.165, 1.54) is 24.8 Å². The van der Waals surface area contributed by atoms with Crippen LogP contribution in [0.25, 0.3) is 5.65 Å². The van der Waals surface area contributed by atoms with Gasteiger partial charge < -0.3 is 5.32 Å². The molecule has 0 radical (unpaired) electrons. The second-order valence-corrected chi connectivity index (χ2v) is 6.58. The maximum Gasteiger partial charge on any atom is 0.200 e. The second-order valence-electron chi connectivity index (χ2n) is 6.58. The maximum atomic E-state index is 4.40. The van der Waals surface area contributed by atoms with Crippen LogP contribution in [-0.4, -0.2) is 49.3 Å². The summed E-state index contributed by atoms with van der Waals surface area (Å²) in [6.07, 6.45) is 9.30. The van der Waals surface area contributed by atoms with Gasteiger partial charge in [-0.15, -0.1) is 10.2 Å². The first-order valence-electron chi connectivity index (χ1n) is 8.87. The zero-order chi connectivity index (χ0) is 17.1. The molecule has 4 heterocycles. The quantitative estimate of drug-likeness (QED) is 0.771. The zero-order valence-electron chi connectivity index (χ0n) is 14.5. The molecule has 3 aromatic heterocycles. The van der Waals surface area contributed by atoms with Crippen molar-refractivity contribution in [2.24, 2.45) is 0 Å². The Hall–Kier alpha value is -2.54. The lowest BCUT2D eigenvalue weighted by Crippen LogP contribution is -2.37. The molecule has 0 bridgehead atoms. The van der Waals surface area contributed by atoms with Crippen molar-refractivity contribution >= 4 is 11.3 Å². The lowest BCUT2D eigenvalue weighted by molar-refractivity contribution is 0.170. The predicted octanol–water partition coefficient (Wildman–Crippen LogP) is 2.47. The molecular weight excluding hydrogens is 314 g/mol. The van der Waals surface area contributed by atoms with E-state index in [1.807, 2.05) is 31.5 Å². The molecule has 7 nitrogen and oxygen atoms in total. The Morgan fingerprint density at radius 1 is 1.24 bits per heavy atom. The first-order valence-corrected chi connectivity index (χ1v) is 8.87. The Morgan fingerprint density at radius 3 is 2.92 bits per heavy atom. The zero-order valence-corrected chi connectivity index (χ0v) is 14.5. The van der Waals surface area contributed by atoms with Gasteiger partial charge in [-0.2, -0.15) is 9.61 Å². The Morgan fingerprint density at radius 2 is 2.12 bits per heavy atom. The van der Waals surface area contributed by atoms with Crippen LogP contribution >= 0.6 is 0 Å². The van der Waals surface area contributed by atoms with Crippen LogP contribution in [0.2, 0.25) is 0 Å². The molecule has 1 saturated heterocycles. The lowest BCUT2D eigenvalue weighted by atomic mass is 10.0. The van der Waals surface area contributed by atoms with Crippen molar-refractivity contribution in [3.8, 4) is 0 Å². The van der Waals surface area contributed by atoms with Crippen LogP contribution in [0.15, 0.2) is 36.9 Å². The summed E-state index contributed by atoms with van der Waals surface area (Å²) in [6.45, 7) is 5.05. The maximum absolute atomic E-state index is 4.40. The van der Waals surface area contributed by atoms with Crippen LogP contribution in [0, 0.1) is 6.92 Å². The average molecular weight is 337 g/mol. The normalized spacial score (nSPS) is 16.8. The van der Waals surface area contributed by atoms with Crippen molar-refractivity contribution in [3.05, 3.63) is 48.2 Å². The minimum atomic E-state index is 0.297. The van der Waals surface area contributed by atoms with Gasteiger partial charge in [0.25, 0.3) is 0 Å². The number of pyridine rings is 1. The minimum absolute atomic E-state index is 0.297. The first-order chi connectivity index (χ1) is 12.3. The van der Waals surface area contributed by atoms with Gasteiger partial charge in [0.2, 0.25) is 5.65 Å². The Balaban J connectivity index is 1.59. The van der Waals surface area contributed by atoms with Crippen molar-refractivity contribution in [1.29, 1.82) is 0 Å². The van der Waals surface area contributed by atoms with E-state index in [0.717, 1.165) is 36.7 Å². The van der Waals surface area contributed by atoms with Gasteiger partial charge in [0, 0.05) is 18.9 Å². The molecule has 130 valence electrons. The van der Waals surface area contributed by atoms with E-state index in [9.17, 15) is 0 Å². The van der Waals surface area contributed by atoms with E-state index in [4.69, 9.17) is 0 Å². The van der Waals surface area contributed by atoms with Crippen LogP contribution in [0.4, 0.5) is 5.69 Å². The molecular formula is C18H23N7. The number of nitrogens with one attached hydrogen (secondary N) is 1. The van der Waals surface area contributed by atoms with Crippen LogP contribution in [-0.2, 0) is 0 Å². The molecule has 0 aliphatic carbocycles. The summed E-state index contributed by atoms with van der Waals surface area (Å²) in [7, 11) is 0. The van der Waals surface area contributed by atoms with E-state index >= 15 is 0 Å². The molecule has 1 unspecified atom stereocenters. The fourth-order valence-corrected chi connectivity index (χ4v) is 3.55. The number of nitrogens with zero attached hydrogens (tertiary/aromatic N) is 6. The summed E-state index contributed by atoms with van der Waals surface area (Å²) < 4.78 is 1.72. The number of aromatic nitrogens is 5. The summed E-state index contributed by atoms with van der Waals surface area (Å²) >= 11 is 0. The molecule has 0 amide bonds. The van der Waals surface area contributed by atoms with Crippen molar-refractivity contribution in [2.45, 2.75) is 32.2 Å². The van der Waals surface area contributed by atoms with Gasteiger partial charge in [-0.05, 0) is 50.6 Å². The molecule has 1 aliphatic rings. The van der Waals surface area contributed by atoms with Gasteiger partial charge in [0.1, 0.15) is 6.33 Å². The summed E-state index contributed by atoms with van der Waals surface area (Å²) in [4.78, 5) is 6.88. The summed E-state index contributed by atoms with van der Waals surface area (Å²) in [6, 6.07) is 6.50. The fourth-order valence-electron chi connectivity index (χ4n) is 3.55. The van der Waals surface area contributed by atoms with Gasteiger partial charge in [-0.25, -0.2) is 0 Å². The molecule has 1 fully saturated rings. The SMILES string of the molecule is Cc1cc(NCC(c2cccnc2)N2CCCCC2)c2nncn2n1. The summed E-state index contributed by atoms with van der Waals surface area (Å²) in [5.41, 5.74) is 3.91. The summed E-state index contributed by atoms with van der Waals surface area (Å²) in [5.74, 6) is 0. The second kappa shape index (κ2) is 7.14.